The third-order valence-electron chi connectivity index (χ3n) is 4.05. The van der Waals surface area contributed by atoms with E-state index in [-0.39, 0.29) is 22.5 Å². The van der Waals surface area contributed by atoms with Crippen LogP contribution in [-0.2, 0) is 20.5 Å². The van der Waals surface area contributed by atoms with Crippen LogP contribution in [-0.4, -0.2) is 19.0 Å². The number of benzene rings is 1. The number of carbonyl (C=O) groups is 2. The van der Waals surface area contributed by atoms with Crippen molar-refractivity contribution in [1.29, 1.82) is 0 Å². The summed E-state index contributed by atoms with van der Waals surface area (Å²) in [5.41, 5.74) is -0.785. The summed E-state index contributed by atoms with van der Waals surface area (Å²) < 4.78 is 49.0. The van der Waals surface area contributed by atoms with E-state index < -0.39 is 23.6 Å². The Labute approximate surface area is 152 Å². The number of allylic oxidation sites excluding steroid dienone is 1. The third-order valence-corrected chi connectivity index (χ3v) is 4.05. The Morgan fingerprint density at radius 1 is 1.22 bits per heavy atom. The molecule has 2 heterocycles. The molecule has 1 amide bonds. The van der Waals surface area contributed by atoms with Crippen LogP contribution in [0.5, 0.6) is 0 Å². The van der Waals surface area contributed by atoms with Crippen molar-refractivity contribution < 1.29 is 31.9 Å². The van der Waals surface area contributed by atoms with Gasteiger partial charge in [0.1, 0.15) is 5.76 Å². The van der Waals surface area contributed by atoms with Crippen LogP contribution in [0.25, 0.3) is 6.08 Å². The van der Waals surface area contributed by atoms with Gasteiger partial charge in [0, 0.05) is 11.4 Å². The molecule has 0 radical (unpaired) electrons. The molecule has 3 rings (SSSR count). The summed E-state index contributed by atoms with van der Waals surface area (Å²) in [6.45, 7) is 1.47. The molecule has 1 aliphatic heterocycles. The number of furan rings is 1. The van der Waals surface area contributed by atoms with Crippen LogP contribution in [0.3, 0.4) is 0 Å². The lowest BCUT2D eigenvalue weighted by Gasteiger charge is -2.19. The molecule has 0 saturated carbocycles. The zero-order valence-electron chi connectivity index (χ0n) is 14.3. The highest BCUT2D eigenvalue weighted by atomic mass is 19.4. The van der Waals surface area contributed by atoms with Gasteiger partial charge in [0.05, 0.1) is 30.1 Å². The molecule has 1 aromatic heterocycles. The average molecular weight is 377 g/mol. The second-order valence-electron chi connectivity index (χ2n) is 5.71. The van der Waals surface area contributed by atoms with Gasteiger partial charge in [0.25, 0.3) is 5.91 Å². The first-order chi connectivity index (χ1) is 12.7. The molecular weight excluding hydrogens is 363 g/mol. The van der Waals surface area contributed by atoms with Crippen LogP contribution in [0.15, 0.2) is 63.9 Å². The number of hydrogen-bond donors (Lipinski definition) is 0. The van der Waals surface area contributed by atoms with Crippen LogP contribution >= 0.6 is 0 Å². The largest absolute Gasteiger partial charge is 0.465 e. The molecule has 2 aromatic rings. The summed E-state index contributed by atoms with van der Waals surface area (Å²) in [7, 11) is 1.16. The zero-order chi connectivity index (χ0) is 19.8. The highest BCUT2D eigenvalue weighted by Crippen LogP contribution is 2.38. The Balaban J connectivity index is 2.14. The lowest BCUT2D eigenvalue weighted by atomic mass is 10.1. The molecule has 0 bridgehead atoms. The topological polar surface area (TPSA) is 59.8 Å². The lowest BCUT2D eigenvalue weighted by Crippen LogP contribution is -2.24. The molecule has 0 aliphatic carbocycles. The summed E-state index contributed by atoms with van der Waals surface area (Å²) in [5, 5.41) is 0. The molecule has 0 unspecified atom stereocenters. The SMILES string of the molecule is COC(=O)C1=C(C)N(c2cccc(C(F)(F)F)c2)C(=O)/C1=C\c1ccco1. The highest BCUT2D eigenvalue weighted by Gasteiger charge is 2.39. The number of amides is 1. The van der Waals surface area contributed by atoms with Gasteiger partial charge in [-0.05, 0) is 43.3 Å². The molecular formula is C19H14F3NO4. The molecule has 0 atom stereocenters. The monoisotopic (exact) mass is 377 g/mol. The molecule has 1 aromatic carbocycles. The normalized spacial score (nSPS) is 16.4. The Kier molecular flexibility index (Phi) is 4.65. The van der Waals surface area contributed by atoms with E-state index in [0.29, 0.717) is 5.76 Å². The molecule has 0 N–H and O–H groups in total. The van der Waals surface area contributed by atoms with Gasteiger partial charge >= 0.3 is 12.1 Å². The molecule has 0 spiro atoms. The van der Waals surface area contributed by atoms with Crippen molar-refractivity contribution in [3.8, 4) is 0 Å². The number of ether oxygens (including phenoxy) is 1. The van der Waals surface area contributed by atoms with Gasteiger partial charge in [0.2, 0.25) is 0 Å². The number of alkyl halides is 3. The van der Waals surface area contributed by atoms with Gasteiger partial charge in [-0.1, -0.05) is 6.07 Å². The first-order valence-corrected chi connectivity index (χ1v) is 7.80. The predicted molar refractivity (Wildman–Crippen MR) is 90.3 cm³/mol. The maximum absolute atomic E-state index is 13.0. The van der Waals surface area contributed by atoms with Crippen LogP contribution in [0.1, 0.15) is 18.2 Å². The van der Waals surface area contributed by atoms with E-state index in [0.717, 1.165) is 24.1 Å². The molecule has 0 saturated heterocycles. The van der Waals surface area contributed by atoms with Crippen molar-refractivity contribution in [2.45, 2.75) is 13.1 Å². The van der Waals surface area contributed by atoms with E-state index in [1.807, 2.05) is 0 Å². The van der Waals surface area contributed by atoms with Gasteiger partial charge in [-0.2, -0.15) is 13.2 Å². The first-order valence-electron chi connectivity index (χ1n) is 7.80. The smallest absolute Gasteiger partial charge is 0.416 e. The summed E-state index contributed by atoms with van der Waals surface area (Å²) in [5.74, 6) is -1.10. The summed E-state index contributed by atoms with van der Waals surface area (Å²) in [6, 6.07) is 7.50. The van der Waals surface area contributed by atoms with Crippen LogP contribution in [0, 0.1) is 0 Å². The lowest BCUT2D eigenvalue weighted by molar-refractivity contribution is -0.137. The zero-order valence-corrected chi connectivity index (χ0v) is 14.3. The van der Waals surface area contributed by atoms with Crippen molar-refractivity contribution in [2.24, 2.45) is 0 Å². The fourth-order valence-corrected chi connectivity index (χ4v) is 2.83. The number of nitrogens with zero attached hydrogens (tertiary/aromatic N) is 1. The van der Waals surface area contributed by atoms with Crippen molar-refractivity contribution in [3.05, 3.63) is 70.8 Å². The van der Waals surface area contributed by atoms with E-state index in [1.54, 1.807) is 12.1 Å². The van der Waals surface area contributed by atoms with Gasteiger partial charge in [-0.15, -0.1) is 0 Å². The summed E-state index contributed by atoms with van der Waals surface area (Å²) in [4.78, 5) is 26.2. The van der Waals surface area contributed by atoms with Crippen LogP contribution in [0.4, 0.5) is 18.9 Å². The molecule has 5 nitrogen and oxygen atoms in total. The van der Waals surface area contributed by atoms with Crippen molar-refractivity contribution in [2.75, 3.05) is 12.0 Å². The van der Waals surface area contributed by atoms with Crippen molar-refractivity contribution >= 4 is 23.6 Å². The third kappa shape index (κ3) is 3.38. The van der Waals surface area contributed by atoms with Gasteiger partial charge < -0.3 is 9.15 Å². The number of esters is 1. The molecule has 140 valence electrons. The van der Waals surface area contributed by atoms with E-state index in [2.05, 4.69) is 0 Å². The van der Waals surface area contributed by atoms with E-state index in [9.17, 15) is 22.8 Å². The standard InChI is InChI=1S/C19H14F3NO4/c1-11-16(18(25)26-2)15(10-14-7-4-8-27-14)17(24)23(11)13-6-3-5-12(9-13)19(20,21)22/h3-10H,1-2H3/b15-10-. The highest BCUT2D eigenvalue weighted by molar-refractivity contribution is 6.23. The maximum atomic E-state index is 13.0. The molecule has 8 heteroatoms. The number of carbonyl (C=O) groups excluding carboxylic acids is 2. The summed E-state index contributed by atoms with van der Waals surface area (Å²) in [6.07, 6.45) is -1.81. The van der Waals surface area contributed by atoms with E-state index >= 15 is 0 Å². The fraction of sp³-hybridized carbons (Fsp3) is 0.158. The van der Waals surface area contributed by atoms with Crippen molar-refractivity contribution in [1.82, 2.24) is 0 Å². The van der Waals surface area contributed by atoms with Gasteiger partial charge in [-0.3, -0.25) is 9.69 Å². The summed E-state index contributed by atoms with van der Waals surface area (Å²) >= 11 is 0. The second-order valence-corrected chi connectivity index (χ2v) is 5.71. The van der Waals surface area contributed by atoms with E-state index in [1.165, 1.54) is 31.4 Å². The van der Waals surface area contributed by atoms with Crippen molar-refractivity contribution in [3.63, 3.8) is 0 Å². The van der Waals surface area contributed by atoms with Gasteiger partial charge in [0.15, 0.2) is 0 Å². The minimum atomic E-state index is -4.56. The quantitative estimate of drug-likeness (QED) is 0.595. The Hall–Kier alpha value is -3.29. The Morgan fingerprint density at radius 3 is 2.56 bits per heavy atom. The maximum Gasteiger partial charge on any atom is 0.416 e. The number of methoxy groups -OCH3 is 1. The average Bonchev–Trinajstić information content (AvgIpc) is 3.21. The predicted octanol–water partition coefficient (Wildman–Crippen LogP) is 4.18. The number of halogens is 3. The number of rotatable bonds is 3. The Bertz CT molecular complexity index is 956. The molecule has 0 fully saturated rings. The fourth-order valence-electron chi connectivity index (χ4n) is 2.83. The number of anilines is 1. The first kappa shape index (κ1) is 18.5. The number of hydrogen-bond acceptors (Lipinski definition) is 4. The molecule has 27 heavy (non-hydrogen) atoms. The van der Waals surface area contributed by atoms with E-state index in [4.69, 9.17) is 9.15 Å². The minimum absolute atomic E-state index is 0.00317. The molecule has 1 aliphatic rings. The van der Waals surface area contributed by atoms with Crippen LogP contribution in [0.2, 0.25) is 0 Å². The Morgan fingerprint density at radius 2 is 1.96 bits per heavy atom. The van der Waals surface area contributed by atoms with Crippen LogP contribution < -0.4 is 4.90 Å². The van der Waals surface area contributed by atoms with Gasteiger partial charge in [-0.25, -0.2) is 4.79 Å². The second kappa shape index (κ2) is 6.79. The minimum Gasteiger partial charge on any atom is -0.465 e.